The SMILES string of the molecule is C=CCCCNCC1(O)CCN(C(=O)CC2CCCC(C)(C)C2)CC1. The average molecular weight is 351 g/mol. The number of likely N-dealkylation sites (tertiary alicyclic amines) is 1. The highest BCUT2D eigenvalue weighted by molar-refractivity contribution is 5.76. The zero-order valence-electron chi connectivity index (χ0n) is 16.4. The predicted octanol–water partition coefficient (Wildman–Crippen LogP) is 3.50. The summed E-state index contributed by atoms with van der Waals surface area (Å²) in [6, 6.07) is 0. The molecule has 2 rings (SSSR count). The number of hydrogen-bond donors (Lipinski definition) is 2. The summed E-state index contributed by atoms with van der Waals surface area (Å²) in [7, 11) is 0. The van der Waals surface area contributed by atoms with Gasteiger partial charge in [-0.3, -0.25) is 4.79 Å². The van der Waals surface area contributed by atoms with Gasteiger partial charge in [-0.2, -0.15) is 0 Å². The highest BCUT2D eigenvalue weighted by Gasteiger charge is 2.35. The van der Waals surface area contributed by atoms with Crippen LogP contribution in [0.2, 0.25) is 0 Å². The van der Waals surface area contributed by atoms with Crippen LogP contribution in [0.1, 0.15) is 71.6 Å². The number of amides is 1. The monoisotopic (exact) mass is 350 g/mol. The van der Waals surface area contributed by atoms with Crippen LogP contribution in [-0.4, -0.2) is 47.7 Å². The lowest BCUT2D eigenvalue weighted by Crippen LogP contribution is -2.51. The maximum Gasteiger partial charge on any atom is 0.222 e. The van der Waals surface area contributed by atoms with E-state index in [1.807, 2.05) is 11.0 Å². The first kappa shape index (κ1) is 20.4. The number of piperidine rings is 1. The lowest BCUT2D eigenvalue weighted by molar-refractivity contribution is -0.136. The summed E-state index contributed by atoms with van der Waals surface area (Å²) in [5.41, 5.74) is -0.263. The normalized spacial score (nSPS) is 25.6. The molecule has 1 aliphatic carbocycles. The van der Waals surface area contributed by atoms with E-state index in [1.54, 1.807) is 0 Å². The molecule has 144 valence electrons. The molecular weight excluding hydrogens is 312 g/mol. The Morgan fingerprint density at radius 2 is 2.04 bits per heavy atom. The first-order valence-corrected chi connectivity index (χ1v) is 10.2. The Morgan fingerprint density at radius 1 is 1.32 bits per heavy atom. The smallest absolute Gasteiger partial charge is 0.222 e. The number of nitrogens with one attached hydrogen (secondary N) is 1. The Kier molecular flexibility index (Phi) is 7.51. The van der Waals surface area contributed by atoms with Gasteiger partial charge in [0.05, 0.1) is 5.60 Å². The second kappa shape index (κ2) is 9.18. The van der Waals surface area contributed by atoms with Crippen molar-refractivity contribution in [3.8, 4) is 0 Å². The van der Waals surface area contributed by atoms with Gasteiger partial charge in [-0.05, 0) is 62.8 Å². The molecule has 0 aromatic rings. The van der Waals surface area contributed by atoms with Gasteiger partial charge in [0.25, 0.3) is 0 Å². The Labute approximate surface area is 154 Å². The minimum Gasteiger partial charge on any atom is -0.388 e. The summed E-state index contributed by atoms with van der Waals surface area (Å²) in [5.74, 6) is 0.840. The summed E-state index contributed by atoms with van der Waals surface area (Å²) in [6.45, 7) is 11.3. The third-order valence-corrected chi connectivity index (χ3v) is 6.03. The second-order valence-electron chi connectivity index (χ2n) is 9.04. The molecular formula is C21H38N2O2. The summed E-state index contributed by atoms with van der Waals surface area (Å²) in [5, 5.41) is 14.0. The van der Waals surface area contributed by atoms with E-state index < -0.39 is 5.60 Å². The zero-order chi connectivity index (χ0) is 18.3. The molecule has 0 spiro atoms. The fraction of sp³-hybridized carbons (Fsp3) is 0.857. The molecule has 1 aliphatic heterocycles. The lowest BCUT2D eigenvalue weighted by Gasteiger charge is -2.40. The van der Waals surface area contributed by atoms with Gasteiger partial charge in [0, 0.05) is 26.1 Å². The predicted molar refractivity (Wildman–Crippen MR) is 103 cm³/mol. The molecule has 4 heteroatoms. The molecule has 2 fully saturated rings. The van der Waals surface area contributed by atoms with E-state index in [4.69, 9.17) is 0 Å². The van der Waals surface area contributed by atoms with E-state index in [9.17, 15) is 9.90 Å². The quantitative estimate of drug-likeness (QED) is 0.520. The number of carbonyl (C=O) groups is 1. The van der Waals surface area contributed by atoms with Gasteiger partial charge in [-0.25, -0.2) is 0 Å². The minimum absolute atomic E-state index is 0.295. The Balaban J connectivity index is 1.70. The van der Waals surface area contributed by atoms with Crippen molar-refractivity contribution < 1.29 is 9.90 Å². The van der Waals surface area contributed by atoms with Crippen molar-refractivity contribution in [1.29, 1.82) is 0 Å². The molecule has 1 amide bonds. The van der Waals surface area contributed by atoms with Crippen molar-refractivity contribution >= 4 is 5.91 Å². The van der Waals surface area contributed by atoms with Crippen LogP contribution < -0.4 is 5.32 Å². The van der Waals surface area contributed by atoms with Crippen molar-refractivity contribution in [3.63, 3.8) is 0 Å². The largest absolute Gasteiger partial charge is 0.388 e. The number of hydrogen-bond acceptors (Lipinski definition) is 3. The standard InChI is InChI=1S/C21H38N2O2/c1-4-5-6-12-22-17-21(25)10-13-23(14-11-21)19(24)15-18-8-7-9-20(2,3)16-18/h4,18,22,25H,1,5-17H2,2-3H3. The van der Waals surface area contributed by atoms with Crippen LogP contribution in [0.25, 0.3) is 0 Å². The number of rotatable bonds is 8. The lowest BCUT2D eigenvalue weighted by atomic mass is 9.71. The van der Waals surface area contributed by atoms with E-state index in [0.29, 0.717) is 56.1 Å². The molecule has 0 radical (unpaired) electrons. The number of allylic oxidation sites excluding steroid dienone is 1. The highest BCUT2D eigenvalue weighted by Crippen LogP contribution is 2.40. The molecule has 0 aromatic carbocycles. The van der Waals surface area contributed by atoms with Crippen molar-refractivity contribution in [2.75, 3.05) is 26.2 Å². The highest BCUT2D eigenvalue weighted by atomic mass is 16.3. The molecule has 1 unspecified atom stereocenters. The number of nitrogens with zero attached hydrogens (tertiary/aromatic N) is 1. The van der Waals surface area contributed by atoms with Gasteiger partial charge < -0.3 is 15.3 Å². The molecule has 0 bridgehead atoms. The van der Waals surface area contributed by atoms with E-state index in [0.717, 1.165) is 19.4 Å². The summed E-state index contributed by atoms with van der Waals surface area (Å²) >= 11 is 0. The number of unbranched alkanes of at least 4 members (excludes halogenated alkanes) is 1. The minimum atomic E-state index is -0.655. The molecule has 0 aromatic heterocycles. The molecule has 25 heavy (non-hydrogen) atoms. The van der Waals surface area contributed by atoms with Crippen LogP contribution in [0.3, 0.4) is 0 Å². The van der Waals surface area contributed by atoms with Crippen molar-refractivity contribution in [2.45, 2.75) is 77.2 Å². The van der Waals surface area contributed by atoms with E-state index in [-0.39, 0.29) is 0 Å². The number of carbonyl (C=O) groups excluding carboxylic acids is 1. The first-order chi connectivity index (χ1) is 11.8. The topological polar surface area (TPSA) is 52.6 Å². The summed E-state index contributed by atoms with van der Waals surface area (Å²) in [4.78, 5) is 14.6. The molecule has 4 nitrogen and oxygen atoms in total. The average Bonchev–Trinajstić information content (AvgIpc) is 2.54. The maximum atomic E-state index is 12.6. The van der Waals surface area contributed by atoms with Crippen LogP contribution in [0.5, 0.6) is 0 Å². The van der Waals surface area contributed by atoms with Crippen molar-refractivity contribution in [1.82, 2.24) is 10.2 Å². The fourth-order valence-electron chi connectivity index (χ4n) is 4.45. The second-order valence-corrected chi connectivity index (χ2v) is 9.04. The third kappa shape index (κ3) is 6.74. The van der Waals surface area contributed by atoms with E-state index >= 15 is 0 Å². The van der Waals surface area contributed by atoms with Gasteiger partial charge >= 0.3 is 0 Å². The van der Waals surface area contributed by atoms with E-state index in [2.05, 4.69) is 25.7 Å². The first-order valence-electron chi connectivity index (χ1n) is 10.2. The Hall–Kier alpha value is -0.870. The molecule has 1 atom stereocenters. The van der Waals surface area contributed by atoms with Gasteiger partial charge in [0.15, 0.2) is 0 Å². The van der Waals surface area contributed by atoms with Gasteiger partial charge in [0.2, 0.25) is 5.91 Å². The summed E-state index contributed by atoms with van der Waals surface area (Å²) in [6.07, 6.45) is 11.0. The van der Waals surface area contributed by atoms with Crippen molar-refractivity contribution in [2.24, 2.45) is 11.3 Å². The zero-order valence-corrected chi connectivity index (χ0v) is 16.4. The van der Waals surface area contributed by atoms with Crippen LogP contribution in [-0.2, 0) is 4.79 Å². The van der Waals surface area contributed by atoms with Crippen LogP contribution in [0, 0.1) is 11.3 Å². The molecule has 1 heterocycles. The molecule has 2 aliphatic rings. The van der Waals surface area contributed by atoms with Crippen LogP contribution >= 0.6 is 0 Å². The van der Waals surface area contributed by atoms with Gasteiger partial charge in [-0.1, -0.05) is 26.3 Å². The van der Waals surface area contributed by atoms with E-state index in [1.165, 1.54) is 25.7 Å². The van der Waals surface area contributed by atoms with Crippen molar-refractivity contribution in [3.05, 3.63) is 12.7 Å². The van der Waals surface area contributed by atoms with Gasteiger partial charge in [0.1, 0.15) is 0 Å². The molecule has 1 saturated heterocycles. The third-order valence-electron chi connectivity index (χ3n) is 6.03. The van der Waals surface area contributed by atoms with Gasteiger partial charge in [-0.15, -0.1) is 6.58 Å². The maximum absolute atomic E-state index is 12.6. The molecule has 1 saturated carbocycles. The van der Waals surface area contributed by atoms with Crippen LogP contribution in [0.4, 0.5) is 0 Å². The molecule has 2 N–H and O–H groups in total. The Bertz CT molecular complexity index is 439. The summed E-state index contributed by atoms with van der Waals surface area (Å²) < 4.78 is 0. The Morgan fingerprint density at radius 3 is 2.68 bits per heavy atom. The fourth-order valence-corrected chi connectivity index (χ4v) is 4.45. The number of aliphatic hydroxyl groups is 1. The van der Waals surface area contributed by atoms with Crippen LogP contribution in [0.15, 0.2) is 12.7 Å².